The second kappa shape index (κ2) is 12.5. The first-order valence-corrected chi connectivity index (χ1v) is 14.9. The van der Waals surface area contributed by atoms with Crippen LogP contribution in [0.4, 0.5) is 11.6 Å². The van der Waals surface area contributed by atoms with Crippen molar-refractivity contribution in [1.29, 1.82) is 0 Å². The number of anilines is 2. The number of fused-ring (bicyclic) bond motifs is 1. The number of rotatable bonds is 9. The van der Waals surface area contributed by atoms with E-state index in [1.165, 1.54) is 54.0 Å². The number of nitrogens with one attached hydrogen (secondary N) is 1. The molecule has 1 aromatic heterocycles. The van der Waals surface area contributed by atoms with E-state index in [0.717, 1.165) is 83.4 Å². The van der Waals surface area contributed by atoms with Crippen molar-refractivity contribution >= 4 is 11.6 Å². The van der Waals surface area contributed by atoms with Gasteiger partial charge in [0.1, 0.15) is 0 Å². The van der Waals surface area contributed by atoms with Crippen LogP contribution in [0.25, 0.3) is 11.3 Å². The first kappa shape index (κ1) is 26.2. The second-order valence-corrected chi connectivity index (χ2v) is 11.4. The van der Waals surface area contributed by atoms with Crippen molar-refractivity contribution in [3.05, 3.63) is 71.4 Å². The van der Waals surface area contributed by atoms with Crippen molar-refractivity contribution in [3.8, 4) is 11.3 Å². The fourth-order valence-corrected chi connectivity index (χ4v) is 6.17. The largest absolute Gasteiger partial charge is 0.369 e. The minimum absolute atomic E-state index is 0.782. The number of likely N-dealkylation sites (tertiary alicyclic amines) is 1. The van der Waals surface area contributed by atoms with Crippen molar-refractivity contribution in [2.24, 2.45) is 0 Å². The lowest BCUT2D eigenvalue weighted by Gasteiger charge is -2.34. The van der Waals surface area contributed by atoms with Crippen LogP contribution in [0.5, 0.6) is 0 Å². The summed E-state index contributed by atoms with van der Waals surface area (Å²) in [6.45, 7) is 11.8. The first-order chi connectivity index (χ1) is 19.2. The normalized spacial score (nSPS) is 18.8. The Hall–Kier alpha value is -3.00. The minimum Gasteiger partial charge on any atom is -0.369 e. The summed E-state index contributed by atoms with van der Waals surface area (Å²) < 4.78 is 0. The second-order valence-electron chi connectivity index (χ2n) is 11.4. The zero-order valence-corrected chi connectivity index (χ0v) is 23.5. The zero-order chi connectivity index (χ0) is 26.4. The lowest BCUT2D eigenvalue weighted by Crippen LogP contribution is -2.44. The molecule has 7 nitrogen and oxygen atoms in total. The molecule has 1 N–H and O–H groups in total. The Bertz CT molecular complexity index is 1200. The summed E-state index contributed by atoms with van der Waals surface area (Å²) in [7, 11) is 2.21. The summed E-state index contributed by atoms with van der Waals surface area (Å²) in [5.41, 5.74) is 7.43. The van der Waals surface area contributed by atoms with Gasteiger partial charge in [0.15, 0.2) is 0 Å². The van der Waals surface area contributed by atoms with Crippen LogP contribution in [-0.2, 0) is 19.5 Å². The van der Waals surface area contributed by atoms with E-state index >= 15 is 0 Å². The number of likely N-dealkylation sites (N-methyl/N-ethyl adjacent to an activating group) is 1. The first-order valence-electron chi connectivity index (χ1n) is 14.9. The molecule has 0 bridgehead atoms. The Labute approximate surface area is 233 Å². The SMILES string of the molecule is CN1CCN(c2ccc(-c3nc(NCCCN4CCCC4)nc4c3CN(Cc3ccccc3)CC4)cc2)CC1. The van der Waals surface area contributed by atoms with Gasteiger partial charge >= 0.3 is 0 Å². The van der Waals surface area contributed by atoms with E-state index in [1.807, 2.05) is 0 Å². The van der Waals surface area contributed by atoms with Gasteiger partial charge in [0.2, 0.25) is 5.95 Å². The van der Waals surface area contributed by atoms with Gasteiger partial charge in [-0.05, 0) is 63.6 Å². The summed E-state index contributed by atoms with van der Waals surface area (Å²) in [6.07, 6.45) is 4.78. The molecule has 0 unspecified atom stereocenters. The Morgan fingerprint density at radius 1 is 0.795 bits per heavy atom. The highest BCUT2D eigenvalue weighted by molar-refractivity contribution is 5.68. The molecule has 2 saturated heterocycles. The molecule has 3 aliphatic heterocycles. The molecule has 2 aromatic carbocycles. The maximum Gasteiger partial charge on any atom is 0.223 e. The van der Waals surface area contributed by atoms with E-state index < -0.39 is 0 Å². The highest BCUT2D eigenvalue weighted by Gasteiger charge is 2.24. The van der Waals surface area contributed by atoms with E-state index in [-0.39, 0.29) is 0 Å². The van der Waals surface area contributed by atoms with Crippen molar-refractivity contribution in [1.82, 2.24) is 24.7 Å². The lowest BCUT2D eigenvalue weighted by molar-refractivity contribution is 0.243. The van der Waals surface area contributed by atoms with Crippen molar-refractivity contribution < 1.29 is 0 Å². The predicted octanol–water partition coefficient (Wildman–Crippen LogP) is 4.35. The minimum atomic E-state index is 0.782. The molecule has 6 rings (SSSR count). The summed E-state index contributed by atoms with van der Waals surface area (Å²) in [5.74, 6) is 0.782. The topological polar surface area (TPSA) is 50.8 Å². The van der Waals surface area contributed by atoms with Crippen LogP contribution < -0.4 is 10.2 Å². The maximum absolute atomic E-state index is 5.14. The Balaban J connectivity index is 1.21. The van der Waals surface area contributed by atoms with Crippen LogP contribution in [0.2, 0.25) is 0 Å². The average molecular weight is 526 g/mol. The van der Waals surface area contributed by atoms with E-state index in [4.69, 9.17) is 9.97 Å². The number of nitrogens with zero attached hydrogens (tertiary/aromatic N) is 6. The van der Waals surface area contributed by atoms with Crippen LogP contribution in [0.3, 0.4) is 0 Å². The molecule has 0 atom stereocenters. The standard InChI is InChI=1S/C32H43N7/c1-36-20-22-39(23-21-36)28-12-10-27(11-13-28)31-29-25-38(24-26-8-3-2-4-9-26)19-14-30(29)34-32(35-31)33-15-7-18-37-16-5-6-17-37/h2-4,8-13H,5-7,14-25H2,1H3,(H,33,34,35). The number of benzene rings is 2. The molecule has 0 amide bonds. The molecule has 3 aliphatic rings. The molecular weight excluding hydrogens is 482 g/mol. The van der Waals surface area contributed by atoms with Gasteiger partial charge in [-0.3, -0.25) is 4.90 Å². The molecule has 0 aliphatic carbocycles. The quantitative estimate of drug-likeness (QED) is 0.417. The summed E-state index contributed by atoms with van der Waals surface area (Å²) in [5, 5.41) is 3.57. The van der Waals surface area contributed by atoms with Gasteiger partial charge in [-0.2, -0.15) is 0 Å². The zero-order valence-electron chi connectivity index (χ0n) is 23.5. The maximum atomic E-state index is 5.14. The molecule has 0 radical (unpaired) electrons. The number of hydrogen-bond acceptors (Lipinski definition) is 7. The number of piperazine rings is 1. The monoisotopic (exact) mass is 525 g/mol. The smallest absolute Gasteiger partial charge is 0.223 e. The predicted molar refractivity (Wildman–Crippen MR) is 160 cm³/mol. The Morgan fingerprint density at radius 2 is 1.56 bits per heavy atom. The fraction of sp³-hybridized carbons (Fsp3) is 0.500. The van der Waals surface area contributed by atoms with Gasteiger partial charge in [0.25, 0.3) is 0 Å². The summed E-state index contributed by atoms with van der Waals surface area (Å²) in [4.78, 5) is 20.2. The van der Waals surface area contributed by atoms with Gasteiger partial charge < -0.3 is 20.0 Å². The molecule has 4 heterocycles. The van der Waals surface area contributed by atoms with Crippen LogP contribution >= 0.6 is 0 Å². The highest BCUT2D eigenvalue weighted by atomic mass is 15.2. The van der Waals surface area contributed by atoms with Crippen LogP contribution in [0.1, 0.15) is 36.1 Å². The molecule has 3 aromatic rings. The van der Waals surface area contributed by atoms with Gasteiger partial charge in [-0.25, -0.2) is 9.97 Å². The van der Waals surface area contributed by atoms with Crippen molar-refractivity contribution in [2.75, 3.05) is 76.2 Å². The van der Waals surface area contributed by atoms with Gasteiger partial charge in [-0.1, -0.05) is 42.5 Å². The Morgan fingerprint density at radius 3 is 2.33 bits per heavy atom. The third-order valence-electron chi connectivity index (χ3n) is 8.53. The summed E-state index contributed by atoms with van der Waals surface area (Å²) in [6, 6.07) is 19.9. The van der Waals surface area contributed by atoms with Gasteiger partial charge in [0.05, 0.1) is 11.4 Å². The van der Waals surface area contributed by atoms with Crippen LogP contribution in [0, 0.1) is 0 Å². The fourth-order valence-electron chi connectivity index (χ4n) is 6.17. The molecule has 39 heavy (non-hydrogen) atoms. The van der Waals surface area contributed by atoms with E-state index in [9.17, 15) is 0 Å². The molecular formula is C32H43N7. The van der Waals surface area contributed by atoms with E-state index in [1.54, 1.807) is 0 Å². The molecule has 206 valence electrons. The van der Waals surface area contributed by atoms with Gasteiger partial charge in [-0.15, -0.1) is 0 Å². The van der Waals surface area contributed by atoms with Crippen LogP contribution in [-0.4, -0.2) is 90.6 Å². The molecule has 0 spiro atoms. The summed E-state index contributed by atoms with van der Waals surface area (Å²) >= 11 is 0. The number of aromatic nitrogens is 2. The Kier molecular flexibility index (Phi) is 8.38. The average Bonchev–Trinajstić information content (AvgIpc) is 3.50. The highest BCUT2D eigenvalue weighted by Crippen LogP contribution is 2.31. The third kappa shape index (κ3) is 6.60. The lowest BCUT2D eigenvalue weighted by atomic mass is 9.98. The van der Waals surface area contributed by atoms with Crippen LogP contribution in [0.15, 0.2) is 54.6 Å². The third-order valence-corrected chi connectivity index (χ3v) is 8.53. The van der Waals surface area contributed by atoms with E-state index in [0.29, 0.717) is 0 Å². The number of hydrogen-bond donors (Lipinski definition) is 1. The molecule has 0 saturated carbocycles. The van der Waals surface area contributed by atoms with Gasteiger partial charge in [0, 0.05) is 75.6 Å². The van der Waals surface area contributed by atoms with Crippen molar-refractivity contribution in [2.45, 2.75) is 38.8 Å². The van der Waals surface area contributed by atoms with E-state index in [2.05, 4.69) is 86.6 Å². The molecule has 7 heteroatoms. The van der Waals surface area contributed by atoms with Crippen molar-refractivity contribution in [3.63, 3.8) is 0 Å². The molecule has 2 fully saturated rings.